The maximum absolute atomic E-state index is 10.1. The van der Waals surface area contributed by atoms with Crippen LogP contribution in [0.1, 0.15) is 30.7 Å². The second-order valence-electron chi connectivity index (χ2n) is 7.74. The van der Waals surface area contributed by atoms with Gasteiger partial charge in [0.15, 0.2) is 0 Å². The van der Waals surface area contributed by atoms with Crippen molar-refractivity contribution in [2.45, 2.75) is 32.6 Å². The molecule has 1 aliphatic rings. The van der Waals surface area contributed by atoms with Crippen LogP contribution in [-0.2, 0) is 18.8 Å². The smallest absolute Gasteiger partial charge is 0.221 e. The molecule has 0 fully saturated rings. The topological polar surface area (TPSA) is 70.8 Å². The number of aliphatic imine (C=N–C) groups is 1. The zero-order chi connectivity index (χ0) is 20.4. The lowest BCUT2D eigenvalue weighted by Gasteiger charge is -2.22. The third-order valence-electron chi connectivity index (χ3n) is 4.77. The average Bonchev–Trinajstić information content (AvgIpc) is 2.72. The standard InChI is InChI=1S/C23H24N4O2/c1-23(2,28)21-10-9-17(12-24-21)19-11-20-18(13-27(3)15-25-20)22(26-19)29-14-16-7-5-4-6-8-16/h4-12,15,28H,13-14H2,1-3H3. The molecule has 0 atom stereocenters. The number of benzene rings is 1. The molecule has 0 bridgehead atoms. The highest BCUT2D eigenvalue weighted by atomic mass is 16.5. The summed E-state index contributed by atoms with van der Waals surface area (Å²) in [7, 11) is 1.97. The van der Waals surface area contributed by atoms with Gasteiger partial charge in [0, 0.05) is 18.8 Å². The summed E-state index contributed by atoms with van der Waals surface area (Å²) in [6.45, 7) is 4.55. The van der Waals surface area contributed by atoms with Gasteiger partial charge >= 0.3 is 0 Å². The minimum absolute atomic E-state index is 0.438. The lowest BCUT2D eigenvalue weighted by atomic mass is 10.0. The summed E-state index contributed by atoms with van der Waals surface area (Å²) in [6.07, 6.45) is 3.53. The summed E-state index contributed by atoms with van der Waals surface area (Å²) >= 11 is 0. The predicted octanol–water partition coefficient (Wildman–Crippen LogP) is 4.06. The highest BCUT2D eigenvalue weighted by molar-refractivity contribution is 5.73. The number of hydrogen-bond donors (Lipinski definition) is 1. The molecule has 0 aliphatic carbocycles. The number of rotatable bonds is 5. The molecule has 6 heteroatoms. The zero-order valence-electron chi connectivity index (χ0n) is 16.8. The van der Waals surface area contributed by atoms with Crippen LogP contribution in [-0.4, -0.2) is 33.4 Å². The summed E-state index contributed by atoms with van der Waals surface area (Å²) in [5, 5.41) is 10.1. The monoisotopic (exact) mass is 388 g/mol. The van der Waals surface area contributed by atoms with Crippen molar-refractivity contribution in [3.05, 3.63) is 71.5 Å². The molecular formula is C23H24N4O2. The van der Waals surface area contributed by atoms with Gasteiger partial charge in [-0.3, -0.25) is 4.98 Å². The number of pyridine rings is 2. The van der Waals surface area contributed by atoms with Crippen LogP contribution in [0.4, 0.5) is 5.69 Å². The maximum Gasteiger partial charge on any atom is 0.221 e. The SMILES string of the molecule is CN1C=Nc2cc(-c3ccc(C(C)(C)O)nc3)nc(OCc3ccccc3)c2C1. The minimum atomic E-state index is -0.985. The third kappa shape index (κ3) is 4.27. The molecule has 1 aliphatic heterocycles. The Hall–Kier alpha value is -3.25. The average molecular weight is 388 g/mol. The van der Waals surface area contributed by atoms with Gasteiger partial charge in [0.2, 0.25) is 5.88 Å². The first-order chi connectivity index (χ1) is 13.9. The minimum Gasteiger partial charge on any atom is -0.472 e. The molecule has 0 amide bonds. The Labute approximate surface area is 170 Å². The van der Waals surface area contributed by atoms with Crippen molar-refractivity contribution >= 4 is 12.0 Å². The van der Waals surface area contributed by atoms with Crippen LogP contribution in [0.15, 0.2) is 59.7 Å². The van der Waals surface area contributed by atoms with Gasteiger partial charge in [-0.25, -0.2) is 9.98 Å². The summed E-state index contributed by atoms with van der Waals surface area (Å²) in [5.41, 5.74) is 4.11. The molecule has 1 N–H and O–H groups in total. The Kier molecular flexibility index (Phi) is 5.03. The first-order valence-electron chi connectivity index (χ1n) is 9.54. The van der Waals surface area contributed by atoms with Crippen molar-refractivity contribution < 1.29 is 9.84 Å². The molecule has 0 saturated heterocycles. The molecule has 3 aromatic rings. The van der Waals surface area contributed by atoms with E-state index >= 15 is 0 Å². The van der Waals surface area contributed by atoms with E-state index in [0.717, 1.165) is 28.1 Å². The number of aromatic nitrogens is 2. The van der Waals surface area contributed by atoms with Crippen LogP contribution < -0.4 is 4.74 Å². The van der Waals surface area contributed by atoms with Crippen LogP contribution in [0, 0.1) is 0 Å². The lowest BCUT2D eigenvalue weighted by Crippen LogP contribution is -2.20. The molecule has 0 saturated carbocycles. The third-order valence-corrected chi connectivity index (χ3v) is 4.77. The van der Waals surface area contributed by atoms with Crippen molar-refractivity contribution in [2.75, 3.05) is 7.05 Å². The number of hydrogen-bond acceptors (Lipinski definition) is 6. The fourth-order valence-electron chi connectivity index (χ4n) is 3.15. The molecule has 6 nitrogen and oxygen atoms in total. The Morgan fingerprint density at radius 2 is 1.93 bits per heavy atom. The summed E-state index contributed by atoms with van der Waals surface area (Å²) in [5.74, 6) is 0.580. The van der Waals surface area contributed by atoms with Gasteiger partial charge in [-0.1, -0.05) is 30.3 Å². The van der Waals surface area contributed by atoms with Gasteiger partial charge in [0.25, 0.3) is 0 Å². The fourth-order valence-corrected chi connectivity index (χ4v) is 3.15. The van der Waals surface area contributed by atoms with E-state index in [-0.39, 0.29) is 0 Å². The lowest BCUT2D eigenvalue weighted by molar-refractivity contribution is 0.0739. The van der Waals surface area contributed by atoms with E-state index in [0.29, 0.717) is 24.7 Å². The zero-order valence-corrected chi connectivity index (χ0v) is 16.8. The maximum atomic E-state index is 10.1. The van der Waals surface area contributed by atoms with E-state index in [1.807, 2.05) is 66.8 Å². The molecule has 4 rings (SSSR count). The van der Waals surface area contributed by atoms with E-state index in [9.17, 15) is 5.11 Å². The molecule has 148 valence electrons. The van der Waals surface area contributed by atoms with Gasteiger partial charge in [-0.2, -0.15) is 0 Å². The Morgan fingerprint density at radius 3 is 2.62 bits per heavy atom. The van der Waals surface area contributed by atoms with Crippen molar-refractivity contribution in [3.63, 3.8) is 0 Å². The molecule has 0 spiro atoms. The molecule has 29 heavy (non-hydrogen) atoms. The summed E-state index contributed by atoms with van der Waals surface area (Å²) in [4.78, 5) is 15.7. The number of nitrogens with zero attached hydrogens (tertiary/aromatic N) is 4. The highest BCUT2D eigenvalue weighted by Gasteiger charge is 2.20. The van der Waals surface area contributed by atoms with Crippen LogP contribution in [0.3, 0.4) is 0 Å². The van der Waals surface area contributed by atoms with Gasteiger partial charge in [0.1, 0.15) is 12.2 Å². The largest absolute Gasteiger partial charge is 0.472 e. The van der Waals surface area contributed by atoms with E-state index in [4.69, 9.17) is 9.72 Å². The predicted molar refractivity (Wildman–Crippen MR) is 113 cm³/mol. The first kappa shape index (κ1) is 19.1. The molecule has 0 unspecified atom stereocenters. The Bertz CT molecular complexity index is 1030. The molecule has 1 aromatic carbocycles. The van der Waals surface area contributed by atoms with E-state index in [1.54, 1.807) is 20.0 Å². The van der Waals surface area contributed by atoms with E-state index in [2.05, 4.69) is 9.98 Å². The fraction of sp³-hybridized carbons (Fsp3) is 0.261. The van der Waals surface area contributed by atoms with Crippen LogP contribution in [0.25, 0.3) is 11.3 Å². The van der Waals surface area contributed by atoms with Gasteiger partial charge in [-0.05, 0) is 37.6 Å². The normalized spacial score (nSPS) is 13.3. The van der Waals surface area contributed by atoms with Gasteiger partial charge < -0.3 is 14.7 Å². The van der Waals surface area contributed by atoms with E-state index in [1.165, 1.54) is 0 Å². The number of ether oxygens (including phenoxy) is 1. The van der Waals surface area contributed by atoms with Crippen LogP contribution in [0.5, 0.6) is 5.88 Å². The number of aliphatic hydroxyl groups is 1. The molecular weight excluding hydrogens is 364 g/mol. The molecule has 0 radical (unpaired) electrons. The highest BCUT2D eigenvalue weighted by Crippen LogP contribution is 2.35. The van der Waals surface area contributed by atoms with Crippen LogP contribution >= 0.6 is 0 Å². The first-order valence-corrected chi connectivity index (χ1v) is 9.54. The van der Waals surface area contributed by atoms with Crippen molar-refractivity contribution in [1.82, 2.24) is 14.9 Å². The quantitative estimate of drug-likeness (QED) is 0.714. The summed E-state index contributed by atoms with van der Waals surface area (Å²) in [6, 6.07) is 15.7. The van der Waals surface area contributed by atoms with Crippen LogP contribution in [0.2, 0.25) is 0 Å². The van der Waals surface area contributed by atoms with Gasteiger partial charge in [-0.15, -0.1) is 0 Å². The second kappa shape index (κ2) is 7.64. The van der Waals surface area contributed by atoms with Gasteiger partial charge in [0.05, 0.1) is 35.5 Å². The Morgan fingerprint density at radius 1 is 1.14 bits per heavy atom. The number of fused-ring (bicyclic) bond motifs is 1. The second-order valence-corrected chi connectivity index (χ2v) is 7.74. The van der Waals surface area contributed by atoms with Crippen molar-refractivity contribution in [3.8, 4) is 17.1 Å². The summed E-state index contributed by atoms with van der Waals surface area (Å²) < 4.78 is 6.11. The van der Waals surface area contributed by atoms with Crippen molar-refractivity contribution in [1.29, 1.82) is 0 Å². The van der Waals surface area contributed by atoms with E-state index < -0.39 is 5.60 Å². The van der Waals surface area contributed by atoms with Crippen molar-refractivity contribution in [2.24, 2.45) is 4.99 Å². The molecule has 3 heterocycles. The Balaban J connectivity index is 1.69. The molecule has 2 aromatic heterocycles.